The van der Waals surface area contributed by atoms with Gasteiger partial charge in [-0.1, -0.05) is 0 Å². The SMILES string of the molecule is CN(CC(=O)N(C)C)CC(O)CC(=O)O. The molecule has 0 fully saturated rings. The molecule has 1 unspecified atom stereocenters. The fourth-order valence-electron chi connectivity index (χ4n) is 1.06. The minimum atomic E-state index is -1.05. The van der Waals surface area contributed by atoms with E-state index in [-0.39, 0.29) is 25.4 Å². The number of amides is 1. The van der Waals surface area contributed by atoms with Gasteiger partial charge in [0.1, 0.15) is 0 Å². The fourth-order valence-corrected chi connectivity index (χ4v) is 1.06. The van der Waals surface area contributed by atoms with Crippen molar-refractivity contribution in [2.45, 2.75) is 12.5 Å². The highest BCUT2D eigenvalue weighted by Crippen LogP contribution is 1.95. The number of carboxylic acids is 1. The normalized spacial score (nSPS) is 12.6. The van der Waals surface area contributed by atoms with Crippen molar-refractivity contribution in [1.82, 2.24) is 9.80 Å². The lowest BCUT2D eigenvalue weighted by molar-refractivity contribution is -0.139. The van der Waals surface area contributed by atoms with Crippen LogP contribution in [0, 0.1) is 0 Å². The Hall–Kier alpha value is -1.14. The van der Waals surface area contributed by atoms with E-state index in [4.69, 9.17) is 5.11 Å². The van der Waals surface area contributed by atoms with Gasteiger partial charge in [-0.25, -0.2) is 0 Å². The van der Waals surface area contributed by atoms with Crippen molar-refractivity contribution in [3.8, 4) is 0 Å². The molecule has 15 heavy (non-hydrogen) atoms. The standard InChI is InChI=1S/C9H18N2O4/c1-10(2)8(13)6-11(3)5-7(12)4-9(14)15/h7,12H,4-6H2,1-3H3,(H,14,15). The first-order chi connectivity index (χ1) is 6.82. The Labute approximate surface area is 89.1 Å². The molecule has 1 amide bonds. The molecule has 0 aromatic carbocycles. The first kappa shape index (κ1) is 13.9. The molecule has 0 saturated heterocycles. The van der Waals surface area contributed by atoms with Crippen molar-refractivity contribution < 1.29 is 19.8 Å². The number of likely N-dealkylation sites (N-methyl/N-ethyl adjacent to an activating group) is 2. The van der Waals surface area contributed by atoms with Crippen molar-refractivity contribution in [2.24, 2.45) is 0 Å². The van der Waals surface area contributed by atoms with Gasteiger partial charge in [-0.15, -0.1) is 0 Å². The number of carboxylic acid groups (broad SMARTS) is 1. The van der Waals surface area contributed by atoms with Crippen LogP contribution in [0.1, 0.15) is 6.42 Å². The molecule has 0 spiro atoms. The predicted octanol–water partition coefficient (Wildman–Crippen LogP) is -1.16. The Balaban J connectivity index is 3.87. The molecule has 6 heteroatoms. The Morgan fingerprint density at radius 1 is 1.27 bits per heavy atom. The molecule has 0 aromatic rings. The molecule has 0 bridgehead atoms. The van der Waals surface area contributed by atoms with Crippen LogP contribution in [-0.4, -0.2) is 72.2 Å². The van der Waals surface area contributed by atoms with Crippen molar-refractivity contribution in [3.05, 3.63) is 0 Å². The van der Waals surface area contributed by atoms with Crippen LogP contribution in [0.5, 0.6) is 0 Å². The lowest BCUT2D eigenvalue weighted by atomic mass is 10.2. The van der Waals surface area contributed by atoms with E-state index in [1.165, 1.54) is 4.90 Å². The smallest absolute Gasteiger partial charge is 0.306 e. The van der Waals surface area contributed by atoms with Gasteiger partial charge in [-0.2, -0.15) is 0 Å². The van der Waals surface area contributed by atoms with Gasteiger partial charge in [0.25, 0.3) is 0 Å². The average molecular weight is 218 g/mol. The Morgan fingerprint density at radius 3 is 2.20 bits per heavy atom. The first-order valence-electron chi connectivity index (χ1n) is 4.61. The van der Waals surface area contributed by atoms with Crippen molar-refractivity contribution in [3.63, 3.8) is 0 Å². The topological polar surface area (TPSA) is 81.1 Å². The summed E-state index contributed by atoms with van der Waals surface area (Å²) in [5.74, 6) is -1.13. The van der Waals surface area contributed by atoms with Gasteiger partial charge in [0.15, 0.2) is 0 Å². The van der Waals surface area contributed by atoms with E-state index in [9.17, 15) is 14.7 Å². The fraction of sp³-hybridized carbons (Fsp3) is 0.778. The third-order valence-corrected chi connectivity index (χ3v) is 1.84. The van der Waals surface area contributed by atoms with E-state index in [1.54, 1.807) is 26.0 Å². The summed E-state index contributed by atoms with van der Waals surface area (Å²) in [5, 5.41) is 17.7. The van der Waals surface area contributed by atoms with Gasteiger partial charge in [-0.05, 0) is 7.05 Å². The minimum Gasteiger partial charge on any atom is -0.481 e. The molecule has 0 aliphatic carbocycles. The van der Waals surface area contributed by atoms with E-state index in [2.05, 4.69) is 0 Å². The summed E-state index contributed by atoms with van der Waals surface area (Å²) in [6, 6.07) is 0. The van der Waals surface area contributed by atoms with Gasteiger partial charge in [0.05, 0.1) is 19.1 Å². The summed E-state index contributed by atoms with van der Waals surface area (Å²) in [6.45, 7) is 0.343. The summed E-state index contributed by atoms with van der Waals surface area (Å²) in [7, 11) is 4.94. The predicted molar refractivity (Wildman–Crippen MR) is 54.5 cm³/mol. The number of aliphatic hydroxyl groups excluding tert-OH is 1. The minimum absolute atomic E-state index is 0.0833. The molecule has 0 radical (unpaired) electrons. The maximum atomic E-state index is 11.2. The number of aliphatic hydroxyl groups is 1. The highest BCUT2D eigenvalue weighted by molar-refractivity contribution is 5.77. The molecule has 0 aliphatic rings. The van der Waals surface area contributed by atoms with Crippen LogP contribution in [0.4, 0.5) is 0 Å². The van der Waals surface area contributed by atoms with Gasteiger partial charge < -0.3 is 15.1 Å². The van der Waals surface area contributed by atoms with Crippen LogP contribution in [0.2, 0.25) is 0 Å². The lowest BCUT2D eigenvalue weighted by Gasteiger charge is -2.20. The molecule has 0 heterocycles. The number of nitrogens with zero attached hydrogens (tertiary/aromatic N) is 2. The van der Waals surface area contributed by atoms with E-state index >= 15 is 0 Å². The van der Waals surface area contributed by atoms with Crippen LogP contribution in [0.15, 0.2) is 0 Å². The molecule has 6 nitrogen and oxygen atoms in total. The number of aliphatic carboxylic acids is 1. The Morgan fingerprint density at radius 2 is 1.80 bits per heavy atom. The molecule has 88 valence electrons. The Kier molecular flexibility index (Phi) is 5.88. The van der Waals surface area contributed by atoms with E-state index < -0.39 is 12.1 Å². The summed E-state index contributed by atoms with van der Waals surface area (Å²) < 4.78 is 0. The van der Waals surface area contributed by atoms with Crippen LogP contribution >= 0.6 is 0 Å². The molecule has 0 aromatic heterocycles. The number of hydrogen-bond donors (Lipinski definition) is 2. The second kappa shape index (κ2) is 6.36. The molecule has 0 saturated carbocycles. The number of carbonyl (C=O) groups excluding carboxylic acids is 1. The molecule has 0 rings (SSSR count). The lowest BCUT2D eigenvalue weighted by Crippen LogP contribution is -2.38. The van der Waals surface area contributed by atoms with Crippen LogP contribution in [0.25, 0.3) is 0 Å². The van der Waals surface area contributed by atoms with Crippen LogP contribution < -0.4 is 0 Å². The van der Waals surface area contributed by atoms with Gasteiger partial charge >= 0.3 is 5.97 Å². The number of hydrogen-bond acceptors (Lipinski definition) is 4. The Bertz CT molecular complexity index is 230. The van der Waals surface area contributed by atoms with Gasteiger partial charge in [-0.3, -0.25) is 14.5 Å². The highest BCUT2D eigenvalue weighted by atomic mass is 16.4. The first-order valence-corrected chi connectivity index (χ1v) is 4.61. The largest absolute Gasteiger partial charge is 0.481 e. The third-order valence-electron chi connectivity index (χ3n) is 1.84. The van der Waals surface area contributed by atoms with Crippen LogP contribution in [0.3, 0.4) is 0 Å². The molecule has 0 aliphatic heterocycles. The van der Waals surface area contributed by atoms with Crippen molar-refractivity contribution in [2.75, 3.05) is 34.2 Å². The zero-order valence-electron chi connectivity index (χ0n) is 9.30. The van der Waals surface area contributed by atoms with Crippen LogP contribution in [-0.2, 0) is 9.59 Å². The maximum absolute atomic E-state index is 11.2. The van der Waals surface area contributed by atoms with Gasteiger partial charge in [0, 0.05) is 20.6 Å². The monoisotopic (exact) mass is 218 g/mol. The summed E-state index contributed by atoms with van der Waals surface area (Å²) in [6.07, 6.45) is -1.25. The number of rotatable bonds is 6. The van der Waals surface area contributed by atoms with Gasteiger partial charge in [0.2, 0.25) is 5.91 Å². The molecule has 2 N–H and O–H groups in total. The summed E-state index contributed by atoms with van der Waals surface area (Å²) >= 11 is 0. The second-order valence-corrected chi connectivity index (χ2v) is 3.74. The summed E-state index contributed by atoms with van der Waals surface area (Å²) in [5.41, 5.74) is 0. The van der Waals surface area contributed by atoms with E-state index in [1.807, 2.05) is 0 Å². The highest BCUT2D eigenvalue weighted by Gasteiger charge is 2.14. The summed E-state index contributed by atoms with van der Waals surface area (Å²) in [4.78, 5) is 24.5. The quantitative estimate of drug-likeness (QED) is 0.588. The zero-order valence-corrected chi connectivity index (χ0v) is 9.30. The second-order valence-electron chi connectivity index (χ2n) is 3.74. The maximum Gasteiger partial charge on any atom is 0.306 e. The molecular weight excluding hydrogens is 200 g/mol. The zero-order chi connectivity index (χ0) is 12.0. The molecule has 1 atom stereocenters. The van der Waals surface area contributed by atoms with E-state index in [0.717, 1.165) is 0 Å². The third kappa shape index (κ3) is 6.87. The number of carbonyl (C=O) groups is 2. The van der Waals surface area contributed by atoms with Crippen molar-refractivity contribution >= 4 is 11.9 Å². The average Bonchev–Trinajstić information content (AvgIpc) is 2.00. The van der Waals surface area contributed by atoms with E-state index in [0.29, 0.717) is 0 Å². The van der Waals surface area contributed by atoms with Crippen molar-refractivity contribution in [1.29, 1.82) is 0 Å². The molecular formula is C9H18N2O4.